The Hall–Kier alpha value is -3.59. The third-order valence-corrected chi connectivity index (χ3v) is 18.9. The number of aryl methyl sites for hydroxylation is 3. The summed E-state index contributed by atoms with van der Waals surface area (Å²) in [6.45, 7) is 13.1. The van der Waals surface area contributed by atoms with Crippen molar-refractivity contribution in [1.82, 2.24) is 19.9 Å². The van der Waals surface area contributed by atoms with E-state index in [-0.39, 0.29) is 29.0 Å². The molecule has 3 aromatic rings. The van der Waals surface area contributed by atoms with E-state index in [2.05, 4.69) is 36.5 Å². The number of aliphatic hydroxyl groups is 8. The van der Waals surface area contributed by atoms with Gasteiger partial charge in [0.2, 0.25) is 5.12 Å². The van der Waals surface area contributed by atoms with E-state index in [4.69, 9.17) is 24.2 Å². The van der Waals surface area contributed by atoms with Crippen LogP contribution in [0.15, 0.2) is 24.8 Å². The van der Waals surface area contributed by atoms with Crippen molar-refractivity contribution in [2.45, 2.75) is 145 Å². The highest BCUT2D eigenvalue weighted by Crippen LogP contribution is 2.45. The Morgan fingerprint density at radius 1 is 0.747 bits per heavy atom. The van der Waals surface area contributed by atoms with Gasteiger partial charge in [0.05, 0.1) is 49.4 Å². The second-order valence-electron chi connectivity index (χ2n) is 19.2. The van der Waals surface area contributed by atoms with E-state index in [1.54, 1.807) is 0 Å². The molecule has 12 atom stereocenters. The van der Waals surface area contributed by atoms with Crippen LogP contribution in [0.25, 0.3) is 39.3 Å². The van der Waals surface area contributed by atoms with Crippen LogP contribution in [0.2, 0.25) is 0 Å². The molecule has 18 nitrogen and oxygen atoms in total. The molecule has 7 rings (SSSR count). The minimum absolute atomic E-state index is 0.0657. The Kier molecular flexibility index (Phi) is 20.8. The van der Waals surface area contributed by atoms with Crippen LogP contribution >= 0.6 is 47.0 Å². The van der Waals surface area contributed by atoms with Gasteiger partial charge < -0.3 is 65.0 Å². The normalized spacial score (nSPS) is 26.9. The number of aromatic amines is 2. The van der Waals surface area contributed by atoms with Gasteiger partial charge in [0, 0.05) is 68.6 Å². The Bertz CT molecular complexity index is 2780. The Labute approximate surface area is 453 Å². The van der Waals surface area contributed by atoms with Gasteiger partial charge in [0.1, 0.15) is 59.7 Å². The number of carbonyl (C=O) groups excluding carboxylic acids is 3. The van der Waals surface area contributed by atoms with Crippen LogP contribution in [-0.4, -0.2) is 180 Å². The number of hydrogen-bond acceptors (Lipinski definition) is 20. The zero-order chi connectivity index (χ0) is 54.4. The van der Waals surface area contributed by atoms with Gasteiger partial charge in [-0.3, -0.25) is 19.4 Å². The SMILES string of the molecule is C=Cc1c(C)c2cc3nc(c(CC(=O)OC)c4nc(cc5[nH]c(cc1[nH]2)c(C)c5CC)C(C)=C4C(=O)SCCCS[C@@H]1O[C@H](CO)[C@@H](O)[C@H](O)[C@H]1O)[C@@H](CCC(=O)SCCCS[C@@H]1O[C@H](CO)[C@@H](O)[C@H](O)[C@H]1O)[C@@H]3C. The lowest BCUT2D eigenvalue weighted by Gasteiger charge is -2.39. The first-order valence-corrected chi connectivity index (χ1v) is 29.3. The molecule has 2 fully saturated rings. The van der Waals surface area contributed by atoms with Gasteiger partial charge in [0.15, 0.2) is 5.12 Å². The summed E-state index contributed by atoms with van der Waals surface area (Å²) in [5, 5.41) is 80.8. The molecule has 8 bridgehead atoms. The Morgan fingerprint density at radius 2 is 1.33 bits per heavy atom. The van der Waals surface area contributed by atoms with Gasteiger partial charge >= 0.3 is 5.97 Å². The maximum absolute atomic E-state index is 14.8. The fraction of sp³-hybridized carbons (Fsp3) is 0.566. The van der Waals surface area contributed by atoms with E-state index in [0.29, 0.717) is 88.2 Å². The highest BCUT2D eigenvalue weighted by molar-refractivity contribution is 8.14. The molecule has 0 radical (unpaired) electrons. The van der Waals surface area contributed by atoms with Gasteiger partial charge in [-0.2, -0.15) is 0 Å². The number of nitrogens with zero attached hydrogens (tertiary/aromatic N) is 2. The van der Waals surface area contributed by atoms with Crippen LogP contribution in [0.5, 0.6) is 0 Å². The van der Waals surface area contributed by atoms with Crippen molar-refractivity contribution in [2.75, 3.05) is 43.3 Å². The maximum atomic E-state index is 14.8. The van der Waals surface area contributed by atoms with Gasteiger partial charge in [-0.15, -0.1) is 23.5 Å². The zero-order valence-corrected chi connectivity index (χ0v) is 46.3. The second-order valence-corrected chi connectivity index (χ2v) is 23.8. The predicted molar refractivity (Wildman–Crippen MR) is 295 cm³/mol. The molecule has 22 heteroatoms. The summed E-state index contributed by atoms with van der Waals surface area (Å²) in [6.07, 6.45) is -6.87. The van der Waals surface area contributed by atoms with E-state index >= 15 is 0 Å². The average Bonchev–Trinajstić information content (AvgIpc) is 4.09. The number of allylic oxidation sites excluding steroid dienone is 1. The number of aromatic nitrogens is 4. The first-order chi connectivity index (χ1) is 35.9. The largest absolute Gasteiger partial charge is 0.469 e. The number of ether oxygens (including phenoxy) is 3. The van der Waals surface area contributed by atoms with Crippen molar-refractivity contribution >= 4 is 103 Å². The van der Waals surface area contributed by atoms with Crippen LogP contribution in [0.1, 0.15) is 109 Å². The molecule has 2 saturated heterocycles. The number of carbonyl (C=O) groups is 3. The first-order valence-electron chi connectivity index (χ1n) is 25.2. The van der Waals surface area contributed by atoms with E-state index < -0.39 is 84.8 Å². The van der Waals surface area contributed by atoms with E-state index in [9.17, 15) is 55.2 Å². The molecule has 7 heterocycles. The monoisotopic (exact) mass is 1110 g/mol. The van der Waals surface area contributed by atoms with Crippen LogP contribution < -0.4 is 0 Å². The third kappa shape index (κ3) is 13.0. The van der Waals surface area contributed by atoms with Crippen molar-refractivity contribution < 1.29 is 69.4 Å². The van der Waals surface area contributed by atoms with Gasteiger partial charge in [0.25, 0.3) is 0 Å². The summed E-state index contributed by atoms with van der Waals surface area (Å²) in [5.41, 5.74) is 8.91. The lowest BCUT2D eigenvalue weighted by molar-refractivity contribution is -0.205. The molecule has 0 aromatic carbocycles. The number of aliphatic hydroxyl groups excluding tert-OH is 8. The molecular weight excluding hydrogens is 1040 g/mol. The lowest BCUT2D eigenvalue weighted by atomic mass is 9.84. The number of fused-ring (bicyclic) bond motifs is 8. The number of hydrogen-bond donors (Lipinski definition) is 10. The van der Waals surface area contributed by atoms with E-state index in [0.717, 1.165) is 56.1 Å². The smallest absolute Gasteiger partial charge is 0.310 e. The number of rotatable bonds is 20. The number of esters is 1. The molecule has 0 spiro atoms. The topological polar surface area (TPSA) is 298 Å². The molecule has 0 saturated carbocycles. The number of methoxy groups -OCH3 is 1. The van der Waals surface area contributed by atoms with Crippen LogP contribution in [0, 0.1) is 13.8 Å². The zero-order valence-electron chi connectivity index (χ0n) is 43.0. The fourth-order valence-electron chi connectivity index (χ4n) is 10.00. The molecule has 3 aromatic heterocycles. The highest BCUT2D eigenvalue weighted by Gasteiger charge is 2.45. The van der Waals surface area contributed by atoms with Crippen molar-refractivity contribution in [3.63, 3.8) is 0 Å². The average molecular weight is 1120 g/mol. The summed E-state index contributed by atoms with van der Waals surface area (Å²) in [6, 6.07) is 5.99. The standard InChI is InChI=1S/C53H70N4O14S4/c1-8-28-24(3)32-19-34-26(5)30(12-13-41(61)72-14-10-16-74-52-49(66)47(64)45(62)38(22-58)70-52)43(56-34)31(18-40(60)69-7)44-42(51(68)73-15-11-17-75-53-50(67)48(65)46(63)39(23-59)71-53)27(6)35(57-44)21-37-29(9-2)25(4)33(55-37)20-36(28)54-32/h8,19-21,26,30,38-39,45-50,52-55,58-59,62-67H,1,9-18,22-23H2,2-7H3/t26-,30-,38+,39+,45+,46+,47-,48-,49+,50+,52-,53-/m0/s1. The summed E-state index contributed by atoms with van der Waals surface area (Å²) in [5.74, 6) is 0.443. The molecule has 10 N–H and O–H groups in total. The molecule has 410 valence electrons. The van der Waals surface area contributed by atoms with Crippen molar-refractivity contribution in [3.8, 4) is 0 Å². The second kappa shape index (κ2) is 26.4. The van der Waals surface area contributed by atoms with Gasteiger partial charge in [-0.25, -0.2) is 4.98 Å². The van der Waals surface area contributed by atoms with Crippen molar-refractivity contribution in [1.29, 1.82) is 0 Å². The molecule has 75 heavy (non-hydrogen) atoms. The lowest BCUT2D eigenvalue weighted by Crippen LogP contribution is -2.57. The first kappa shape index (κ1) is 59.1. The number of thioether (sulfide) groups is 4. The van der Waals surface area contributed by atoms with E-state index in [1.807, 2.05) is 39.0 Å². The van der Waals surface area contributed by atoms with E-state index in [1.165, 1.54) is 42.4 Å². The Balaban J connectivity index is 1.24. The third-order valence-electron chi connectivity index (χ3n) is 14.5. The van der Waals surface area contributed by atoms with Crippen LogP contribution in [-0.2, 0) is 41.4 Å². The predicted octanol–water partition coefficient (Wildman–Crippen LogP) is 4.82. The molecule has 0 unspecified atom stereocenters. The molecule has 0 amide bonds. The summed E-state index contributed by atoms with van der Waals surface area (Å²) >= 11 is 4.69. The van der Waals surface area contributed by atoms with Crippen molar-refractivity contribution in [2.24, 2.45) is 0 Å². The van der Waals surface area contributed by atoms with Crippen LogP contribution in [0.4, 0.5) is 0 Å². The molecule has 4 aliphatic heterocycles. The summed E-state index contributed by atoms with van der Waals surface area (Å²) in [4.78, 5) is 59.9. The minimum atomic E-state index is -1.50. The number of nitrogens with one attached hydrogen (secondary N) is 2. The molecule has 0 aliphatic carbocycles. The fourth-order valence-corrected chi connectivity index (χ4v) is 14.3. The van der Waals surface area contributed by atoms with Gasteiger partial charge in [-0.05, 0) is 98.4 Å². The van der Waals surface area contributed by atoms with Crippen molar-refractivity contribution in [3.05, 3.63) is 75.4 Å². The number of H-pyrrole nitrogens is 2. The van der Waals surface area contributed by atoms with Gasteiger partial charge in [-0.1, -0.05) is 50.0 Å². The summed E-state index contributed by atoms with van der Waals surface area (Å²) in [7, 11) is 1.29. The molecule has 4 aliphatic rings. The van der Waals surface area contributed by atoms with Crippen LogP contribution in [0.3, 0.4) is 0 Å². The summed E-state index contributed by atoms with van der Waals surface area (Å²) < 4.78 is 16.6. The maximum Gasteiger partial charge on any atom is 0.310 e. The highest BCUT2D eigenvalue weighted by atomic mass is 32.2. The minimum Gasteiger partial charge on any atom is -0.469 e. The Morgan fingerprint density at radius 3 is 1.91 bits per heavy atom. The molecular formula is C53H70N4O14S4. The quantitative estimate of drug-likeness (QED) is 0.0536.